The van der Waals surface area contributed by atoms with Gasteiger partial charge in [0.25, 0.3) is 0 Å². The number of aromatic nitrogens is 1. The number of nitrogens with two attached hydrogens (primary N) is 1. The van der Waals surface area contributed by atoms with Crippen LogP contribution in [0.4, 0.5) is 0 Å². The summed E-state index contributed by atoms with van der Waals surface area (Å²) < 4.78 is 5.08. The first kappa shape index (κ1) is 8.93. The van der Waals surface area contributed by atoms with Gasteiger partial charge < -0.3 is 10.5 Å². The van der Waals surface area contributed by atoms with Crippen LogP contribution < -0.4 is 10.5 Å². The zero-order chi connectivity index (χ0) is 9.14. The largest absolute Gasteiger partial charge is 0.496 e. The molecule has 1 rings (SSSR count). The Bertz CT molecular complexity index is 312. The van der Waals surface area contributed by atoms with Crippen LogP contribution in [0.3, 0.4) is 0 Å². The van der Waals surface area contributed by atoms with E-state index in [0.717, 1.165) is 5.69 Å². The fraction of sp³-hybridized carbons (Fsp3) is 0.250. The Hall–Kier alpha value is -1.16. The smallest absolute Gasteiger partial charge is 0.132 e. The van der Waals surface area contributed by atoms with Crippen LogP contribution in [-0.2, 0) is 0 Å². The topological polar surface area (TPSA) is 48.1 Å². The molecule has 0 spiro atoms. The second kappa shape index (κ2) is 3.49. The molecule has 1 aromatic heterocycles. The van der Waals surface area contributed by atoms with Crippen molar-refractivity contribution in [3.8, 4) is 5.75 Å². The molecule has 12 heavy (non-hydrogen) atoms. The molecule has 0 atom stereocenters. The SMILES string of the molecule is COc1cc(C)ncc1C(N)=S. The summed E-state index contributed by atoms with van der Waals surface area (Å²) in [4.78, 5) is 4.37. The molecular formula is C8H10N2OS. The molecule has 3 nitrogen and oxygen atoms in total. The quantitative estimate of drug-likeness (QED) is 0.694. The number of nitrogens with zero attached hydrogens (tertiary/aromatic N) is 1. The van der Waals surface area contributed by atoms with Gasteiger partial charge in [-0.05, 0) is 6.92 Å². The average Bonchev–Trinajstić information content (AvgIpc) is 2.03. The Morgan fingerprint density at radius 2 is 2.33 bits per heavy atom. The van der Waals surface area contributed by atoms with Crippen molar-refractivity contribution in [2.45, 2.75) is 6.92 Å². The van der Waals surface area contributed by atoms with Gasteiger partial charge in [0.05, 0.1) is 12.7 Å². The molecule has 0 aliphatic carbocycles. The van der Waals surface area contributed by atoms with Crippen molar-refractivity contribution in [3.63, 3.8) is 0 Å². The minimum absolute atomic E-state index is 0.305. The third-order valence-corrected chi connectivity index (χ3v) is 1.71. The van der Waals surface area contributed by atoms with Crippen LogP contribution in [-0.4, -0.2) is 17.1 Å². The summed E-state index contributed by atoms with van der Waals surface area (Å²) in [6.07, 6.45) is 1.62. The van der Waals surface area contributed by atoms with Gasteiger partial charge in [0.15, 0.2) is 0 Å². The lowest BCUT2D eigenvalue weighted by atomic mass is 10.2. The molecule has 0 aliphatic heterocycles. The lowest BCUT2D eigenvalue weighted by Gasteiger charge is -2.06. The minimum atomic E-state index is 0.305. The maximum Gasteiger partial charge on any atom is 0.132 e. The molecule has 0 radical (unpaired) electrons. The predicted molar refractivity (Wildman–Crippen MR) is 51.4 cm³/mol. The van der Waals surface area contributed by atoms with Crippen LogP contribution in [0.5, 0.6) is 5.75 Å². The van der Waals surface area contributed by atoms with E-state index in [2.05, 4.69) is 4.98 Å². The molecule has 0 fully saturated rings. The number of aryl methyl sites for hydroxylation is 1. The fourth-order valence-electron chi connectivity index (χ4n) is 0.889. The zero-order valence-corrected chi connectivity index (χ0v) is 7.81. The Kier molecular flexibility index (Phi) is 2.60. The van der Waals surface area contributed by atoms with E-state index in [1.165, 1.54) is 0 Å². The molecular weight excluding hydrogens is 172 g/mol. The second-order valence-corrected chi connectivity index (χ2v) is 2.83. The predicted octanol–water partition coefficient (Wildman–Crippen LogP) is 1.03. The van der Waals surface area contributed by atoms with Crippen molar-refractivity contribution >= 4 is 17.2 Å². The van der Waals surface area contributed by atoms with Crippen LogP contribution in [0, 0.1) is 6.92 Å². The number of ether oxygens (including phenoxy) is 1. The van der Waals surface area contributed by atoms with E-state index in [-0.39, 0.29) is 0 Å². The normalized spacial score (nSPS) is 9.50. The highest BCUT2D eigenvalue weighted by Crippen LogP contribution is 2.17. The van der Waals surface area contributed by atoms with Gasteiger partial charge in [-0.15, -0.1) is 0 Å². The lowest BCUT2D eigenvalue weighted by Crippen LogP contribution is -2.11. The number of hydrogen-bond donors (Lipinski definition) is 1. The summed E-state index contributed by atoms with van der Waals surface area (Å²) in [6, 6.07) is 1.80. The van der Waals surface area contributed by atoms with Crippen molar-refractivity contribution in [3.05, 3.63) is 23.5 Å². The van der Waals surface area contributed by atoms with E-state index < -0.39 is 0 Å². The molecule has 1 aromatic rings. The van der Waals surface area contributed by atoms with Crippen molar-refractivity contribution < 1.29 is 4.74 Å². The molecule has 0 aromatic carbocycles. The molecule has 2 N–H and O–H groups in total. The molecule has 0 saturated heterocycles. The van der Waals surface area contributed by atoms with Gasteiger partial charge in [0, 0.05) is 18.0 Å². The van der Waals surface area contributed by atoms with Crippen LogP contribution >= 0.6 is 12.2 Å². The molecule has 0 bridgehead atoms. The van der Waals surface area contributed by atoms with Gasteiger partial charge in [0.1, 0.15) is 10.7 Å². The Morgan fingerprint density at radius 1 is 1.67 bits per heavy atom. The van der Waals surface area contributed by atoms with Crippen molar-refractivity contribution in [2.24, 2.45) is 5.73 Å². The molecule has 0 amide bonds. The number of methoxy groups -OCH3 is 1. The Labute approximate surface area is 76.6 Å². The van der Waals surface area contributed by atoms with Crippen LogP contribution in [0.25, 0.3) is 0 Å². The zero-order valence-electron chi connectivity index (χ0n) is 7.00. The highest BCUT2D eigenvalue weighted by atomic mass is 32.1. The summed E-state index contributed by atoms with van der Waals surface area (Å²) in [6.45, 7) is 1.88. The van der Waals surface area contributed by atoms with Gasteiger partial charge in [-0.3, -0.25) is 4.98 Å². The van der Waals surface area contributed by atoms with E-state index >= 15 is 0 Å². The summed E-state index contributed by atoms with van der Waals surface area (Å²) >= 11 is 4.82. The molecule has 0 unspecified atom stereocenters. The second-order valence-electron chi connectivity index (χ2n) is 2.39. The molecule has 64 valence electrons. The van der Waals surface area contributed by atoms with E-state index in [9.17, 15) is 0 Å². The van der Waals surface area contributed by atoms with Crippen molar-refractivity contribution in [1.29, 1.82) is 0 Å². The third-order valence-electron chi connectivity index (χ3n) is 1.49. The number of thiocarbonyl (C=S) groups is 1. The first-order chi connectivity index (χ1) is 5.65. The van der Waals surface area contributed by atoms with E-state index in [0.29, 0.717) is 16.3 Å². The van der Waals surface area contributed by atoms with Gasteiger partial charge in [-0.1, -0.05) is 12.2 Å². The third kappa shape index (κ3) is 1.71. The molecule has 1 heterocycles. The highest BCUT2D eigenvalue weighted by Gasteiger charge is 2.05. The monoisotopic (exact) mass is 182 g/mol. The van der Waals surface area contributed by atoms with E-state index in [4.69, 9.17) is 22.7 Å². The van der Waals surface area contributed by atoms with Crippen LogP contribution in [0.1, 0.15) is 11.3 Å². The van der Waals surface area contributed by atoms with Crippen molar-refractivity contribution in [2.75, 3.05) is 7.11 Å². The summed E-state index contributed by atoms with van der Waals surface area (Å²) in [5, 5.41) is 0. The van der Waals surface area contributed by atoms with Gasteiger partial charge in [-0.25, -0.2) is 0 Å². The average molecular weight is 182 g/mol. The molecule has 0 aliphatic rings. The number of pyridine rings is 1. The van der Waals surface area contributed by atoms with E-state index in [1.54, 1.807) is 19.4 Å². The summed E-state index contributed by atoms with van der Waals surface area (Å²) in [5.41, 5.74) is 7.01. The Morgan fingerprint density at radius 3 is 2.83 bits per heavy atom. The highest BCUT2D eigenvalue weighted by molar-refractivity contribution is 7.80. The first-order valence-electron chi connectivity index (χ1n) is 3.45. The first-order valence-corrected chi connectivity index (χ1v) is 3.86. The standard InChI is InChI=1S/C8H10N2OS/c1-5-3-7(11-2)6(4-10-5)8(9)12/h3-4H,1-2H3,(H2,9,12). The lowest BCUT2D eigenvalue weighted by molar-refractivity contribution is 0.413. The summed E-state index contributed by atoms with van der Waals surface area (Å²) in [7, 11) is 1.58. The van der Waals surface area contributed by atoms with Crippen molar-refractivity contribution in [1.82, 2.24) is 4.98 Å². The van der Waals surface area contributed by atoms with Gasteiger partial charge >= 0.3 is 0 Å². The number of hydrogen-bond acceptors (Lipinski definition) is 3. The molecule has 4 heteroatoms. The van der Waals surface area contributed by atoms with Crippen LogP contribution in [0.15, 0.2) is 12.3 Å². The maximum absolute atomic E-state index is 5.45. The summed E-state index contributed by atoms with van der Waals surface area (Å²) in [5.74, 6) is 0.676. The maximum atomic E-state index is 5.45. The van der Waals surface area contributed by atoms with Gasteiger partial charge in [-0.2, -0.15) is 0 Å². The van der Waals surface area contributed by atoms with Crippen LogP contribution in [0.2, 0.25) is 0 Å². The molecule has 0 saturated carbocycles. The van der Waals surface area contributed by atoms with E-state index in [1.807, 2.05) is 6.92 Å². The number of rotatable bonds is 2. The van der Waals surface area contributed by atoms with Gasteiger partial charge in [0.2, 0.25) is 0 Å². The minimum Gasteiger partial charge on any atom is -0.496 e. The fourth-order valence-corrected chi connectivity index (χ4v) is 1.04. The Balaban J connectivity index is 3.20.